The fourth-order valence-corrected chi connectivity index (χ4v) is 6.00. The summed E-state index contributed by atoms with van der Waals surface area (Å²) in [5.41, 5.74) is 3.63. The lowest BCUT2D eigenvalue weighted by atomic mass is 10.0. The first-order chi connectivity index (χ1) is 19.8. The van der Waals surface area contributed by atoms with Gasteiger partial charge in [0.25, 0.3) is 5.91 Å². The molecular formula is C30H30N6O4S. The molecule has 2 heterocycles. The van der Waals surface area contributed by atoms with Crippen molar-refractivity contribution in [3.63, 3.8) is 0 Å². The second-order valence-electron chi connectivity index (χ2n) is 10.3. The predicted octanol–water partition coefficient (Wildman–Crippen LogP) is 3.77. The normalized spacial score (nSPS) is 20.9. The van der Waals surface area contributed by atoms with Crippen molar-refractivity contribution in [1.29, 1.82) is 0 Å². The Labute approximate surface area is 242 Å². The van der Waals surface area contributed by atoms with Crippen LogP contribution in [0.15, 0.2) is 71.0 Å². The summed E-state index contributed by atoms with van der Waals surface area (Å²) < 4.78 is 5.77. The Morgan fingerprint density at radius 3 is 2.51 bits per heavy atom. The van der Waals surface area contributed by atoms with Crippen molar-refractivity contribution in [3.05, 3.63) is 93.6 Å². The molecule has 3 amide bonds. The van der Waals surface area contributed by atoms with Gasteiger partial charge < -0.3 is 20.3 Å². The number of rotatable bonds is 9. The number of fused-ring (bicyclic) bond motifs is 1. The van der Waals surface area contributed by atoms with E-state index < -0.39 is 6.04 Å². The lowest BCUT2D eigenvalue weighted by Gasteiger charge is -2.27. The minimum atomic E-state index is -0.589. The van der Waals surface area contributed by atoms with Crippen LogP contribution in [0.3, 0.4) is 0 Å². The minimum absolute atomic E-state index is 0.00608. The predicted molar refractivity (Wildman–Crippen MR) is 155 cm³/mol. The summed E-state index contributed by atoms with van der Waals surface area (Å²) in [6.07, 6.45) is 1.43. The fourth-order valence-electron chi connectivity index (χ4n) is 5.19. The quantitative estimate of drug-likeness (QED) is 0.157. The van der Waals surface area contributed by atoms with Crippen LogP contribution in [0, 0.1) is 12.0 Å². The number of piperidine rings is 1. The molecule has 0 bridgehead atoms. The number of ether oxygens (including phenoxy) is 1. The van der Waals surface area contributed by atoms with Crippen LogP contribution in [0.5, 0.6) is 11.5 Å². The van der Waals surface area contributed by atoms with E-state index in [1.165, 1.54) is 11.3 Å². The van der Waals surface area contributed by atoms with E-state index in [1.807, 2.05) is 41.8 Å². The van der Waals surface area contributed by atoms with E-state index in [-0.39, 0.29) is 35.7 Å². The van der Waals surface area contributed by atoms with Crippen LogP contribution >= 0.6 is 11.3 Å². The van der Waals surface area contributed by atoms with Crippen molar-refractivity contribution in [2.24, 2.45) is 10.4 Å². The van der Waals surface area contributed by atoms with Gasteiger partial charge in [-0.05, 0) is 60.7 Å². The van der Waals surface area contributed by atoms with E-state index in [0.717, 1.165) is 16.9 Å². The van der Waals surface area contributed by atoms with Gasteiger partial charge >= 0.3 is 0 Å². The van der Waals surface area contributed by atoms with Crippen molar-refractivity contribution >= 4 is 34.9 Å². The van der Waals surface area contributed by atoms with E-state index in [2.05, 4.69) is 32.9 Å². The number of carbonyl (C=O) groups is 3. The number of hydrogen-bond donors (Lipinski definition) is 3. The van der Waals surface area contributed by atoms with E-state index in [1.54, 1.807) is 36.2 Å². The Hall–Kier alpha value is -4.69. The number of likely N-dealkylation sites (tertiary alicyclic amines) is 1. The molecule has 0 unspecified atom stereocenters. The average Bonchev–Trinajstić information content (AvgIpc) is 3.29. The molecule has 0 radical (unpaired) electrons. The summed E-state index contributed by atoms with van der Waals surface area (Å²) in [6.45, 7) is 9.17. The molecule has 2 aliphatic rings. The molecule has 11 heteroatoms. The molecule has 0 spiro atoms. The van der Waals surface area contributed by atoms with Crippen molar-refractivity contribution in [2.45, 2.75) is 38.4 Å². The third kappa shape index (κ3) is 6.23. The number of benzene rings is 2. The highest BCUT2D eigenvalue weighted by molar-refractivity contribution is 7.10. The first-order valence-electron chi connectivity index (χ1n) is 13.2. The molecule has 5 rings (SSSR count). The third-order valence-corrected chi connectivity index (χ3v) is 8.41. The molecule has 1 aliphatic heterocycles. The second-order valence-corrected chi connectivity index (χ2v) is 11.3. The molecule has 1 aliphatic carbocycles. The summed E-state index contributed by atoms with van der Waals surface area (Å²) in [5, 5.41) is 7.53. The molecule has 210 valence electrons. The maximum absolute atomic E-state index is 13.2. The molecule has 1 saturated heterocycles. The molecule has 1 saturated carbocycles. The number of carbonyl (C=O) groups excluding carboxylic acids is 3. The number of nitrogens with one attached hydrogen (secondary N) is 3. The first-order valence-corrected chi connectivity index (χ1v) is 14.1. The number of hydrogen-bond acceptors (Lipinski definition) is 6. The molecule has 3 aromatic rings. The van der Waals surface area contributed by atoms with Gasteiger partial charge in [-0.2, -0.15) is 11.5 Å². The smallest absolute Gasteiger partial charge is 0.251 e. The molecule has 1 aromatic heterocycles. The lowest BCUT2D eigenvalue weighted by molar-refractivity contribution is -0.139. The van der Waals surface area contributed by atoms with E-state index in [4.69, 9.17) is 11.3 Å². The van der Waals surface area contributed by atoms with Gasteiger partial charge in [0, 0.05) is 34.5 Å². The number of nitrogens with zero attached hydrogens (tertiary/aromatic N) is 3. The van der Waals surface area contributed by atoms with Gasteiger partial charge in [0.15, 0.2) is 0 Å². The van der Waals surface area contributed by atoms with Crippen LogP contribution in [-0.4, -0.2) is 54.1 Å². The molecule has 2 fully saturated rings. The number of thiophene rings is 1. The third-order valence-electron chi connectivity index (χ3n) is 7.47. The summed E-state index contributed by atoms with van der Waals surface area (Å²) >= 11 is 1.46. The van der Waals surface area contributed by atoms with Crippen LogP contribution in [-0.2, 0) is 16.1 Å². The average molecular weight is 571 g/mol. The summed E-state index contributed by atoms with van der Waals surface area (Å²) in [7, 11) is 1.60. The number of amides is 3. The zero-order chi connectivity index (χ0) is 29.0. The molecule has 10 nitrogen and oxygen atoms in total. The monoisotopic (exact) mass is 570 g/mol. The van der Waals surface area contributed by atoms with Gasteiger partial charge in [-0.1, -0.05) is 30.5 Å². The van der Waals surface area contributed by atoms with Gasteiger partial charge in [-0.3, -0.25) is 19.4 Å². The molecular weight excluding hydrogens is 540 g/mol. The van der Waals surface area contributed by atoms with Crippen LogP contribution < -0.4 is 20.8 Å². The van der Waals surface area contributed by atoms with Crippen LogP contribution in [0.25, 0.3) is 4.95 Å². The zero-order valence-corrected chi connectivity index (χ0v) is 23.5. The van der Waals surface area contributed by atoms with Crippen molar-refractivity contribution in [1.82, 2.24) is 21.0 Å². The summed E-state index contributed by atoms with van der Waals surface area (Å²) in [4.78, 5) is 49.0. The van der Waals surface area contributed by atoms with Crippen molar-refractivity contribution in [2.75, 3.05) is 13.6 Å². The van der Waals surface area contributed by atoms with Crippen molar-refractivity contribution in [3.8, 4) is 11.5 Å². The highest BCUT2D eigenvalue weighted by atomic mass is 32.1. The van der Waals surface area contributed by atoms with E-state index in [9.17, 15) is 14.4 Å². The lowest BCUT2D eigenvalue weighted by Crippen LogP contribution is -2.50. The van der Waals surface area contributed by atoms with E-state index in [0.29, 0.717) is 35.9 Å². The molecule has 2 aromatic carbocycles. The highest BCUT2D eigenvalue weighted by Gasteiger charge is 2.64. The Bertz CT molecular complexity index is 1510. The van der Waals surface area contributed by atoms with Crippen LogP contribution in [0.2, 0.25) is 0 Å². The standard InChI is InChI=1S/C30H30N6O4S/c1-30-14-24(29(39)33-16-23-13-20(18-41-23)27(31-2)35-32-3)36(25(30)15-30)26(37)17-34-28(38)19-9-11-22(12-10-19)40-21-7-5-4-6-8-21/h4-13,18,24-25H,14-17H2,1-2H3,(H,31,35)(H,33,39)(H,34,38)/t24-,25-,30+/m0/s1. The van der Waals surface area contributed by atoms with Gasteiger partial charge in [0.05, 0.1) is 13.1 Å². The number of aliphatic imine (C=N–C) groups is 1. The maximum atomic E-state index is 13.2. The number of para-hydroxylation sites is 1. The SMILES string of the molecule is [C-]#[N+]NC(=NC)c1csc(CNC(=O)[C@@H]2C[C@]3(C)C[C@@H]3N2C(=O)CNC(=O)c2ccc(Oc3ccccc3)cc2)c1. The number of amidine groups is 1. The van der Waals surface area contributed by atoms with E-state index >= 15 is 0 Å². The van der Waals surface area contributed by atoms with Crippen LogP contribution in [0.1, 0.15) is 40.6 Å². The molecule has 3 atom stereocenters. The summed E-state index contributed by atoms with van der Waals surface area (Å²) in [5.74, 6) is 0.889. The maximum Gasteiger partial charge on any atom is 0.251 e. The Balaban J connectivity index is 1.15. The highest BCUT2D eigenvalue weighted by Crippen LogP contribution is 2.59. The van der Waals surface area contributed by atoms with Gasteiger partial charge in [-0.25, -0.2) is 0 Å². The molecule has 3 N–H and O–H groups in total. The van der Waals surface area contributed by atoms with Crippen molar-refractivity contribution < 1.29 is 19.1 Å². The van der Waals surface area contributed by atoms with Gasteiger partial charge in [0.1, 0.15) is 17.5 Å². The minimum Gasteiger partial charge on any atom is -0.457 e. The topological polar surface area (TPSA) is 116 Å². The van der Waals surface area contributed by atoms with Crippen LogP contribution in [0.4, 0.5) is 0 Å². The van der Waals surface area contributed by atoms with Gasteiger partial charge in [-0.15, -0.1) is 11.3 Å². The Kier molecular flexibility index (Phi) is 8.03. The zero-order valence-electron chi connectivity index (χ0n) is 22.7. The Morgan fingerprint density at radius 2 is 1.80 bits per heavy atom. The Morgan fingerprint density at radius 1 is 1.07 bits per heavy atom. The summed E-state index contributed by atoms with van der Waals surface area (Å²) in [6, 6.07) is 17.3. The molecule has 41 heavy (non-hydrogen) atoms. The van der Waals surface area contributed by atoms with Gasteiger partial charge in [0.2, 0.25) is 17.6 Å². The second kappa shape index (κ2) is 11.8. The fraction of sp³-hybridized carbons (Fsp3) is 0.300. The largest absolute Gasteiger partial charge is 0.457 e. The first kappa shape index (κ1) is 27.9.